The molecule has 0 fully saturated rings. The van der Waals surface area contributed by atoms with Gasteiger partial charge in [-0.15, -0.1) is 0 Å². The summed E-state index contributed by atoms with van der Waals surface area (Å²) >= 11 is 3.51. The highest BCUT2D eigenvalue weighted by molar-refractivity contribution is 9.10. The molecule has 0 aliphatic heterocycles. The van der Waals surface area contributed by atoms with Crippen molar-refractivity contribution < 1.29 is 4.74 Å². The number of aromatic amines is 1. The molecule has 0 atom stereocenters. The number of ether oxygens (including phenoxy) is 1. The number of methoxy groups -OCH3 is 1. The Kier molecular flexibility index (Phi) is 3.17. The molecular weight excluding hydrogens is 318 g/mol. The third kappa shape index (κ3) is 1.95. The monoisotopic (exact) mass is 327 g/mol. The summed E-state index contributed by atoms with van der Waals surface area (Å²) in [5, 5.41) is 10.3. The number of hydrogen-bond acceptors (Lipinski definition) is 3. The highest BCUT2D eigenvalue weighted by Crippen LogP contribution is 2.38. The maximum Gasteiger partial charge on any atom is 0.138 e. The van der Waals surface area contributed by atoms with E-state index < -0.39 is 0 Å². The summed E-state index contributed by atoms with van der Waals surface area (Å²) in [5.41, 5.74) is 3.11. The zero-order valence-electron chi connectivity index (χ0n) is 10.6. The van der Waals surface area contributed by atoms with E-state index in [9.17, 15) is 5.26 Å². The second-order valence-electron chi connectivity index (χ2n) is 4.24. The lowest BCUT2D eigenvalue weighted by Gasteiger charge is -2.07. The molecule has 1 N–H and O–H groups in total. The van der Waals surface area contributed by atoms with Gasteiger partial charge in [0.15, 0.2) is 0 Å². The van der Waals surface area contributed by atoms with Crippen LogP contribution in [0.5, 0.6) is 5.75 Å². The van der Waals surface area contributed by atoms with E-state index in [2.05, 4.69) is 32.0 Å². The Labute approximate surface area is 124 Å². The molecule has 4 nitrogen and oxygen atoms in total. The number of aromatic nitrogens is 2. The van der Waals surface area contributed by atoms with Gasteiger partial charge in [-0.05, 0) is 46.3 Å². The highest BCUT2D eigenvalue weighted by atomic mass is 79.9. The van der Waals surface area contributed by atoms with Crippen LogP contribution < -0.4 is 4.74 Å². The van der Waals surface area contributed by atoms with Crippen molar-refractivity contribution in [2.75, 3.05) is 7.11 Å². The summed E-state index contributed by atoms with van der Waals surface area (Å²) in [6, 6.07) is 11.5. The molecule has 0 radical (unpaired) electrons. The number of hydrogen-bond donors (Lipinski definition) is 1. The minimum atomic E-state index is 0.594. The maximum absolute atomic E-state index is 9.31. The van der Waals surface area contributed by atoms with Crippen LogP contribution in [0.25, 0.3) is 22.2 Å². The van der Waals surface area contributed by atoms with E-state index in [0.29, 0.717) is 11.3 Å². The quantitative estimate of drug-likeness (QED) is 0.777. The van der Waals surface area contributed by atoms with Crippen molar-refractivity contribution in [1.29, 1.82) is 5.26 Å². The summed E-state index contributed by atoms with van der Waals surface area (Å²) < 4.78 is 6.06. The largest absolute Gasteiger partial charge is 0.497 e. The van der Waals surface area contributed by atoms with Gasteiger partial charge in [-0.25, -0.2) is 4.98 Å². The number of nitrogens with zero attached hydrogens (tertiary/aromatic N) is 2. The van der Waals surface area contributed by atoms with Crippen LogP contribution in [0.3, 0.4) is 0 Å². The van der Waals surface area contributed by atoms with Gasteiger partial charge in [-0.2, -0.15) is 5.26 Å². The van der Waals surface area contributed by atoms with Crippen LogP contribution in [0.4, 0.5) is 0 Å². The van der Waals surface area contributed by atoms with Gasteiger partial charge >= 0.3 is 0 Å². The Bertz CT molecular complexity index is 833. The number of halogens is 1. The first-order valence-corrected chi connectivity index (χ1v) is 6.74. The first-order valence-electron chi connectivity index (χ1n) is 5.95. The Morgan fingerprint density at radius 1 is 1.35 bits per heavy atom. The van der Waals surface area contributed by atoms with Gasteiger partial charge in [-0.3, -0.25) is 0 Å². The van der Waals surface area contributed by atoms with Crippen LogP contribution in [-0.2, 0) is 0 Å². The average Bonchev–Trinajstić information content (AvgIpc) is 2.82. The average molecular weight is 328 g/mol. The second-order valence-corrected chi connectivity index (χ2v) is 5.03. The summed E-state index contributed by atoms with van der Waals surface area (Å²) in [7, 11) is 1.61. The molecule has 0 unspecified atom stereocenters. The minimum Gasteiger partial charge on any atom is -0.497 e. The number of nitrogens with one attached hydrogen (secondary N) is 1. The molecule has 0 aliphatic carbocycles. The number of nitriles is 1. The SMILES string of the molecule is COc1ccc(C#N)c(-c2c(Br)[nH]c3ncccc23)c1. The van der Waals surface area contributed by atoms with E-state index >= 15 is 0 Å². The minimum absolute atomic E-state index is 0.594. The van der Waals surface area contributed by atoms with Crippen LogP contribution in [0.15, 0.2) is 41.1 Å². The van der Waals surface area contributed by atoms with Crippen molar-refractivity contribution in [3.63, 3.8) is 0 Å². The van der Waals surface area contributed by atoms with Crippen LogP contribution >= 0.6 is 15.9 Å². The topological polar surface area (TPSA) is 61.7 Å². The Balaban J connectivity index is 2.36. The summed E-state index contributed by atoms with van der Waals surface area (Å²) in [5.74, 6) is 0.712. The zero-order valence-corrected chi connectivity index (χ0v) is 12.2. The van der Waals surface area contributed by atoms with Gasteiger partial charge in [0.25, 0.3) is 0 Å². The van der Waals surface area contributed by atoms with Crippen molar-refractivity contribution in [2.45, 2.75) is 0 Å². The zero-order chi connectivity index (χ0) is 14.1. The lowest BCUT2D eigenvalue weighted by atomic mass is 10.00. The molecule has 3 rings (SSSR count). The van der Waals surface area contributed by atoms with Gasteiger partial charge in [0.05, 0.1) is 23.3 Å². The number of benzene rings is 1. The molecule has 0 saturated carbocycles. The number of H-pyrrole nitrogens is 1. The fourth-order valence-corrected chi connectivity index (χ4v) is 2.82. The first kappa shape index (κ1) is 12.7. The molecule has 2 aromatic heterocycles. The van der Waals surface area contributed by atoms with E-state index in [-0.39, 0.29) is 0 Å². The Hall–Kier alpha value is -2.32. The predicted octanol–water partition coefficient (Wildman–Crippen LogP) is 3.87. The molecule has 0 bridgehead atoms. The van der Waals surface area contributed by atoms with Crippen LogP contribution in [0, 0.1) is 11.3 Å². The molecule has 0 saturated heterocycles. The van der Waals surface area contributed by atoms with Gasteiger partial charge in [0, 0.05) is 22.7 Å². The van der Waals surface area contributed by atoms with E-state index in [0.717, 1.165) is 26.8 Å². The van der Waals surface area contributed by atoms with Crippen molar-refractivity contribution in [3.05, 3.63) is 46.7 Å². The summed E-state index contributed by atoms with van der Waals surface area (Å²) in [6.07, 6.45) is 1.73. The van der Waals surface area contributed by atoms with Crippen LogP contribution in [0.1, 0.15) is 5.56 Å². The van der Waals surface area contributed by atoms with Crippen molar-refractivity contribution in [1.82, 2.24) is 9.97 Å². The summed E-state index contributed by atoms with van der Waals surface area (Å²) in [6.45, 7) is 0. The normalized spacial score (nSPS) is 10.4. The standard InChI is InChI=1S/C15H10BrN3O/c1-20-10-5-4-9(8-17)12(7-10)13-11-3-2-6-18-15(11)19-14(13)16/h2-7H,1H3,(H,18,19). The summed E-state index contributed by atoms with van der Waals surface area (Å²) in [4.78, 5) is 7.46. The Morgan fingerprint density at radius 3 is 2.95 bits per heavy atom. The van der Waals surface area contributed by atoms with Gasteiger partial charge in [0.1, 0.15) is 11.4 Å². The number of rotatable bonds is 2. The lowest BCUT2D eigenvalue weighted by molar-refractivity contribution is 0.415. The van der Waals surface area contributed by atoms with Gasteiger partial charge in [0.2, 0.25) is 0 Å². The molecule has 0 aliphatic rings. The Morgan fingerprint density at radius 2 is 2.20 bits per heavy atom. The maximum atomic E-state index is 9.31. The molecule has 20 heavy (non-hydrogen) atoms. The van der Waals surface area contributed by atoms with Crippen molar-refractivity contribution >= 4 is 27.0 Å². The van der Waals surface area contributed by atoms with Gasteiger partial charge < -0.3 is 9.72 Å². The first-order chi connectivity index (χ1) is 9.74. The number of pyridine rings is 1. The molecular formula is C15H10BrN3O. The van der Waals surface area contributed by atoms with E-state index in [1.54, 1.807) is 25.4 Å². The molecule has 98 valence electrons. The smallest absolute Gasteiger partial charge is 0.138 e. The molecule has 3 aromatic rings. The van der Waals surface area contributed by atoms with E-state index in [4.69, 9.17) is 4.74 Å². The lowest BCUT2D eigenvalue weighted by Crippen LogP contribution is -1.88. The van der Waals surface area contributed by atoms with E-state index in [1.165, 1.54) is 0 Å². The fourth-order valence-electron chi connectivity index (χ4n) is 2.21. The fraction of sp³-hybridized carbons (Fsp3) is 0.0667. The molecule has 0 spiro atoms. The molecule has 2 heterocycles. The van der Waals surface area contributed by atoms with Gasteiger partial charge in [-0.1, -0.05) is 0 Å². The molecule has 5 heteroatoms. The third-order valence-electron chi connectivity index (χ3n) is 3.14. The predicted molar refractivity (Wildman–Crippen MR) is 80.5 cm³/mol. The highest BCUT2D eigenvalue weighted by Gasteiger charge is 2.16. The van der Waals surface area contributed by atoms with Crippen molar-refractivity contribution in [3.8, 4) is 22.9 Å². The van der Waals surface area contributed by atoms with Crippen LogP contribution in [0.2, 0.25) is 0 Å². The third-order valence-corrected chi connectivity index (χ3v) is 3.74. The second kappa shape index (κ2) is 4.99. The van der Waals surface area contributed by atoms with Crippen molar-refractivity contribution in [2.24, 2.45) is 0 Å². The number of fused-ring (bicyclic) bond motifs is 1. The molecule has 1 aromatic carbocycles. The van der Waals surface area contributed by atoms with Crippen LogP contribution in [-0.4, -0.2) is 17.1 Å². The molecule has 0 amide bonds. The van der Waals surface area contributed by atoms with E-state index in [1.807, 2.05) is 18.2 Å².